The van der Waals surface area contributed by atoms with E-state index in [0.29, 0.717) is 22.9 Å². The van der Waals surface area contributed by atoms with Crippen LogP contribution in [0.1, 0.15) is 11.4 Å². The van der Waals surface area contributed by atoms with Crippen molar-refractivity contribution in [1.29, 1.82) is 0 Å². The third-order valence-electron chi connectivity index (χ3n) is 3.67. The van der Waals surface area contributed by atoms with Crippen LogP contribution in [0, 0.1) is 13.8 Å². The zero-order valence-electron chi connectivity index (χ0n) is 14.8. The highest BCUT2D eigenvalue weighted by molar-refractivity contribution is 6.39. The second kappa shape index (κ2) is 8.18. The second-order valence-electron chi connectivity index (χ2n) is 5.38. The Morgan fingerprint density at radius 2 is 1.84 bits per heavy atom. The summed E-state index contributed by atoms with van der Waals surface area (Å²) in [6.45, 7) is 3.98. The minimum absolute atomic E-state index is 0.190. The van der Waals surface area contributed by atoms with Gasteiger partial charge in [-0.05, 0) is 26.0 Å². The van der Waals surface area contributed by atoms with Crippen LogP contribution >= 0.6 is 0 Å². The normalized spacial score (nSPS) is 10.2. The van der Waals surface area contributed by atoms with Gasteiger partial charge < -0.3 is 20.1 Å². The molecular formula is C17H22N4O4. The lowest BCUT2D eigenvalue weighted by atomic mass is 10.3. The Balaban J connectivity index is 1.81. The lowest BCUT2D eigenvalue weighted by molar-refractivity contribution is -0.136. The number of carbonyl (C=O) groups is 2. The highest BCUT2D eigenvalue weighted by Crippen LogP contribution is 2.25. The van der Waals surface area contributed by atoms with E-state index in [-0.39, 0.29) is 13.2 Å². The van der Waals surface area contributed by atoms with Gasteiger partial charge in [0.05, 0.1) is 30.7 Å². The molecule has 0 unspecified atom stereocenters. The van der Waals surface area contributed by atoms with Gasteiger partial charge in [-0.15, -0.1) is 0 Å². The molecule has 0 bridgehead atoms. The van der Waals surface area contributed by atoms with Gasteiger partial charge in [-0.3, -0.25) is 14.3 Å². The number of anilines is 1. The number of rotatable bonds is 6. The van der Waals surface area contributed by atoms with Crippen LogP contribution in [-0.4, -0.2) is 41.9 Å². The fourth-order valence-electron chi connectivity index (χ4n) is 2.27. The molecule has 2 amide bonds. The van der Waals surface area contributed by atoms with Gasteiger partial charge in [-0.1, -0.05) is 12.1 Å². The average molecular weight is 346 g/mol. The largest absolute Gasteiger partial charge is 0.493 e. The van der Waals surface area contributed by atoms with Crippen LogP contribution < -0.4 is 20.1 Å². The van der Waals surface area contributed by atoms with Gasteiger partial charge >= 0.3 is 11.8 Å². The van der Waals surface area contributed by atoms with Crippen molar-refractivity contribution in [1.82, 2.24) is 15.1 Å². The molecule has 0 radical (unpaired) electrons. The van der Waals surface area contributed by atoms with E-state index in [4.69, 9.17) is 9.47 Å². The molecule has 1 aromatic heterocycles. The number of methoxy groups -OCH3 is 1. The highest BCUT2D eigenvalue weighted by Gasteiger charge is 2.18. The molecule has 0 aliphatic heterocycles. The van der Waals surface area contributed by atoms with Crippen molar-refractivity contribution in [2.24, 2.45) is 7.05 Å². The van der Waals surface area contributed by atoms with Gasteiger partial charge in [0.15, 0.2) is 11.5 Å². The first-order valence-electron chi connectivity index (χ1n) is 7.79. The van der Waals surface area contributed by atoms with Gasteiger partial charge in [-0.2, -0.15) is 5.10 Å². The van der Waals surface area contributed by atoms with E-state index in [2.05, 4.69) is 15.7 Å². The Labute approximate surface area is 146 Å². The van der Waals surface area contributed by atoms with Crippen LogP contribution in [0.25, 0.3) is 0 Å². The molecule has 0 aliphatic rings. The Morgan fingerprint density at radius 3 is 2.44 bits per heavy atom. The lowest BCUT2D eigenvalue weighted by Gasteiger charge is -2.11. The maximum absolute atomic E-state index is 12.0. The van der Waals surface area contributed by atoms with E-state index in [1.165, 1.54) is 0 Å². The van der Waals surface area contributed by atoms with Crippen molar-refractivity contribution < 1.29 is 19.1 Å². The molecule has 0 spiro atoms. The molecule has 25 heavy (non-hydrogen) atoms. The maximum atomic E-state index is 12.0. The number of benzene rings is 1. The standard InChI is InChI=1S/C17H22N4O4/c1-11-15(12(2)21(3)20-11)19-17(23)16(22)18-9-10-25-14-8-6-5-7-13(14)24-4/h5-8H,9-10H2,1-4H3,(H,18,22)(H,19,23). The molecule has 0 saturated heterocycles. The molecule has 8 heteroatoms. The molecule has 0 atom stereocenters. The summed E-state index contributed by atoms with van der Waals surface area (Å²) in [6.07, 6.45) is 0. The minimum Gasteiger partial charge on any atom is -0.493 e. The second-order valence-corrected chi connectivity index (χ2v) is 5.38. The molecule has 8 nitrogen and oxygen atoms in total. The number of aryl methyl sites for hydroxylation is 2. The van der Waals surface area contributed by atoms with Crippen molar-refractivity contribution in [2.75, 3.05) is 25.6 Å². The molecule has 1 aromatic carbocycles. The summed E-state index contributed by atoms with van der Waals surface area (Å²) in [5.41, 5.74) is 1.98. The third kappa shape index (κ3) is 4.50. The lowest BCUT2D eigenvalue weighted by Crippen LogP contribution is -2.37. The molecule has 134 valence electrons. The number of para-hydroxylation sites is 2. The zero-order valence-corrected chi connectivity index (χ0v) is 14.8. The van der Waals surface area contributed by atoms with Gasteiger partial charge in [0.25, 0.3) is 0 Å². The van der Waals surface area contributed by atoms with Crippen molar-refractivity contribution in [3.8, 4) is 11.5 Å². The first-order valence-corrected chi connectivity index (χ1v) is 7.79. The fourth-order valence-corrected chi connectivity index (χ4v) is 2.27. The van der Waals surface area contributed by atoms with Gasteiger partial charge in [0, 0.05) is 7.05 Å². The van der Waals surface area contributed by atoms with Gasteiger partial charge in [-0.25, -0.2) is 0 Å². The Morgan fingerprint density at radius 1 is 1.16 bits per heavy atom. The molecule has 0 saturated carbocycles. The summed E-state index contributed by atoms with van der Waals surface area (Å²) in [5.74, 6) is -0.290. The number of nitrogens with one attached hydrogen (secondary N) is 2. The van der Waals surface area contributed by atoms with Crippen LogP contribution in [0.3, 0.4) is 0 Å². The number of ether oxygens (including phenoxy) is 2. The van der Waals surface area contributed by atoms with Gasteiger partial charge in [0.2, 0.25) is 0 Å². The van der Waals surface area contributed by atoms with Crippen molar-refractivity contribution in [3.05, 3.63) is 35.7 Å². The number of aromatic nitrogens is 2. The maximum Gasteiger partial charge on any atom is 0.313 e. The van der Waals surface area contributed by atoms with Crippen LogP contribution in [0.2, 0.25) is 0 Å². The molecule has 2 N–H and O–H groups in total. The fraction of sp³-hybridized carbons (Fsp3) is 0.353. The first-order chi connectivity index (χ1) is 11.9. The van der Waals surface area contributed by atoms with E-state index in [1.807, 2.05) is 19.1 Å². The predicted octanol–water partition coefficient (Wildman–Crippen LogP) is 1.18. The topological polar surface area (TPSA) is 94.5 Å². The SMILES string of the molecule is COc1ccccc1OCCNC(=O)C(=O)Nc1c(C)nn(C)c1C. The predicted molar refractivity (Wildman–Crippen MR) is 92.8 cm³/mol. The number of hydrogen-bond acceptors (Lipinski definition) is 5. The Hall–Kier alpha value is -3.03. The smallest absolute Gasteiger partial charge is 0.313 e. The average Bonchev–Trinajstić information content (AvgIpc) is 2.84. The number of amides is 2. The van der Waals surface area contributed by atoms with Crippen molar-refractivity contribution in [3.63, 3.8) is 0 Å². The number of hydrogen-bond donors (Lipinski definition) is 2. The molecule has 0 aliphatic carbocycles. The van der Waals surface area contributed by atoms with E-state index in [1.54, 1.807) is 37.9 Å². The van der Waals surface area contributed by atoms with Crippen LogP contribution in [-0.2, 0) is 16.6 Å². The monoisotopic (exact) mass is 346 g/mol. The molecule has 2 aromatic rings. The Bertz CT molecular complexity index is 770. The molecule has 2 rings (SSSR count). The number of carbonyl (C=O) groups excluding carboxylic acids is 2. The highest BCUT2D eigenvalue weighted by atomic mass is 16.5. The Kier molecular flexibility index (Phi) is 5.99. The molecule has 1 heterocycles. The molecular weight excluding hydrogens is 324 g/mol. The summed E-state index contributed by atoms with van der Waals surface area (Å²) in [4.78, 5) is 23.9. The van der Waals surface area contributed by atoms with E-state index in [9.17, 15) is 9.59 Å². The van der Waals surface area contributed by atoms with E-state index >= 15 is 0 Å². The van der Waals surface area contributed by atoms with Crippen molar-refractivity contribution >= 4 is 17.5 Å². The third-order valence-corrected chi connectivity index (χ3v) is 3.67. The minimum atomic E-state index is -0.739. The van der Waals surface area contributed by atoms with Crippen molar-refractivity contribution in [2.45, 2.75) is 13.8 Å². The van der Waals surface area contributed by atoms with E-state index in [0.717, 1.165) is 5.69 Å². The quantitative estimate of drug-likeness (QED) is 0.605. The van der Waals surface area contributed by atoms with Crippen LogP contribution in [0.5, 0.6) is 11.5 Å². The summed E-state index contributed by atoms with van der Waals surface area (Å²) in [5, 5.41) is 9.28. The van der Waals surface area contributed by atoms with E-state index < -0.39 is 11.8 Å². The first kappa shape index (κ1) is 18.3. The van der Waals surface area contributed by atoms with Crippen LogP contribution in [0.15, 0.2) is 24.3 Å². The summed E-state index contributed by atoms with van der Waals surface area (Å²) >= 11 is 0. The van der Waals surface area contributed by atoms with Crippen LogP contribution in [0.4, 0.5) is 5.69 Å². The summed E-state index contributed by atoms with van der Waals surface area (Å²) < 4.78 is 12.3. The summed E-state index contributed by atoms with van der Waals surface area (Å²) in [7, 11) is 3.32. The number of nitrogens with zero attached hydrogens (tertiary/aromatic N) is 2. The van der Waals surface area contributed by atoms with Gasteiger partial charge in [0.1, 0.15) is 6.61 Å². The molecule has 0 fully saturated rings. The zero-order chi connectivity index (χ0) is 18.4. The summed E-state index contributed by atoms with van der Waals surface area (Å²) in [6, 6.07) is 7.20.